The maximum Gasteiger partial charge on any atom is 0.108 e. The second-order valence-electron chi connectivity index (χ2n) is 2.68. The molecule has 0 N–H and O–H groups in total. The maximum atomic E-state index is 5.30. The molecule has 1 atom stereocenters. The summed E-state index contributed by atoms with van der Waals surface area (Å²) in [7, 11) is 0. The lowest BCUT2D eigenvalue weighted by molar-refractivity contribution is -0.0405. The maximum absolute atomic E-state index is 5.30. The smallest absolute Gasteiger partial charge is 0.108 e. The summed E-state index contributed by atoms with van der Waals surface area (Å²) in [5.74, 6) is 4.76. The van der Waals surface area contributed by atoms with E-state index < -0.39 is 0 Å². The Hall–Kier alpha value is -1.26. The monoisotopic (exact) mass is 208 g/mol. The van der Waals surface area contributed by atoms with Crippen LogP contribution >= 0.6 is 0 Å². The molecule has 0 unspecified atom stereocenters. The SMILES string of the molecule is C#CCOC[C@H](COCC=C)OCC#C. The Morgan fingerprint density at radius 3 is 2.40 bits per heavy atom. The highest BCUT2D eigenvalue weighted by Gasteiger charge is 2.08. The Morgan fingerprint density at radius 2 is 1.80 bits per heavy atom. The molecule has 0 heterocycles. The first-order valence-corrected chi connectivity index (χ1v) is 4.60. The van der Waals surface area contributed by atoms with Crippen LogP contribution in [0.3, 0.4) is 0 Å². The largest absolute Gasteiger partial charge is 0.375 e. The molecule has 0 amide bonds. The molecular formula is C12H16O3. The van der Waals surface area contributed by atoms with Crippen LogP contribution in [0.4, 0.5) is 0 Å². The fourth-order valence-corrected chi connectivity index (χ4v) is 0.842. The van der Waals surface area contributed by atoms with Gasteiger partial charge in [0.2, 0.25) is 0 Å². The highest BCUT2D eigenvalue weighted by molar-refractivity contribution is 4.84. The Bertz CT molecular complexity index is 234. The molecule has 0 fully saturated rings. The highest BCUT2D eigenvalue weighted by atomic mass is 16.6. The van der Waals surface area contributed by atoms with Crippen molar-refractivity contribution in [2.45, 2.75) is 6.10 Å². The molecule has 0 aliphatic heterocycles. The van der Waals surface area contributed by atoms with Gasteiger partial charge in [0, 0.05) is 0 Å². The molecule has 0 aromatic rings. The van der Waals surface area contributed by atoms with E-state index >= 15 is 0 Å². The van der Waals surface area contributed by atoms with Crippen LogP contribution in [0.5, 0.6) is 0 Å². The van der Waals surface area contributed by atoms with Crippen LogP contribution in [0.2, 0.25) is 0 Å². The van der Waals surface area contributed by atoms with E-state index in [2.05, 4.69) is 18.4 Å². The molecule has 0 aromatic heterocycles. The third kappa shape index (κ3) is 9.05. The van der Waals surface area contributed by atoms with Gasteiger partial charge in [-0.25, -0.2) is 0 Å². The molecule has 0 radical (unpaired) electrons. The minimum Gasteiger partial charge on any atom is -0.375 e. The van der Waals surface area contributed by atoms with Crippen molar-refractivity contribution in [3.8, 4) is 24.7 Å². The van der Waals surface area contributed by atoms with Crippen molar-refractivity contribution in [1.29, 1.82) is 0 Å². The van der Waals surface area contributed by atoms with Crippen LogP contribution < -0.4 is 0 Å². The lowest BCUT2D eigenvalue weighted by Gasteiger charge is -2.15. The summed E-state index contributed by atoms with van der Waals surface area (Å²) >= 11 is 0. The quantitative estimate of drug-likeness (QED) is 0.319. The van der Waals surface area contributed by atoms with Crippen LogP contribution in [0.15, 0.2) is 12.7 Å². The lowest BCUT2D eigenvalue weighted by Crippen LogP contribution is -2.26. The van der Waals surface area contributed by atoms with Crippen LogP contribution in [-0.2, 0) is 14.2 Å². The summed E-state index contributed by atoms with van der Waals surface area (Å²) in [4.78, 5) is 0. The second kappa shape index (κ2) is 10.8. The molecule has 0 aliphatic carbocycles. The average Bonchev–Trinajstić information content (AvgIpc) is 2.25. The standard InChI is InChI=1S/C12H16O3/c1-4-7-13-10-12(15-9-6-3)11-14-8-5-2/h1,3,5,12H,2,7-11H2/t12-/m1/s1. The molecule has 0 saturated carbocycles. The summed E-state index contributed by atoms with van der Waals surface area (Å²) in [5.41, 5.74) is 0. The number of rotatable bonds is 9. The van der Waals surface area contributed by atoms with Crippen LogP contribution in [0, 0.1) is 24.7 Å². The van der Waals surface area contributed by atoms with E-state index in [0.29, 0.717) is 19.8 Å². The Kier molecular flexibility index (Phi) is 9.91. The predicted octanol–water partition coefficient (Wildman–Crippen LogP) is 0.857. The van der Waals surface area contributed by atoms with Gasteiger partial charge in [-0.2, -0.15) is 0 Å². The molecule has 0 bridgehead atoms. The van der Waals surface area contributed by atoms with Gasteiger partial charge in [-0.3, -0.25) is 0 Å². The normalized spacial score (nSPS) is 11.3. The summed E-state index contributed by atoms with van der Waals surface area (Å²) in [6.07, 6.45) is 11.6. The first-order chi connectivity index (χ1) is 7.35. The lowest BCUT2D eigenvalue weighted by atomic mass is 10.4. The number of terminal acetylenes is 2. The van der Waals surface area contributed by atoms with Gasteiger partial charge < -0.3 is 14.2 Å². The molecule has 3 nitrogen and oxygen atoms in total. The second-order valence-corrected chi connectivity index (χ2v) is 2.68. The summed E-state index contributed by atoms with van der Waals surface area (Å²) in [5, 5.41) is 0. The van der Waals surface area contributed by atoms with Gasteiger partial charge in [0.15, 0.2) is 0 Å². The van der Waals surface area contributed by atoms with Crippen molar-refractivity contribution >= 4 is 0 Å². The molecule has 15 heavy (non-hydrogen) atoms. The topological polar surface area (TPSA) is 27.7 Å². The van der Waals surface area contributed by atoms with E-state index in [1.807, 2.05) is 0 Å². The van der Waals surface area contributed by atoms with E-state index in [1.54, 1.807) is 6.08 Å². The zero-order valence-corrected chi connectivity index (χ0v) is 8.78. The predicted molar refractivity (Wildman–Crippen MR) is 59.2 cm³/mol. The molecule has 0 spiro atoms. The number of ether oxygens (including phenoxy) is 3. The zero-order chi connectivity index (χ0) is 11.4. The van der Waals surface area contributed by atoms with Gasteiger partial charge in [0.05, 0.1) is 19.8 Å². The van der Waals surface area contributed by atoms with Gasteiger partial charge in [-0.15, -0.1) is 19.4 Å². The minimum atomic E-state index is -0.186. The highest BCUT2D eigenvalue weighted by Crippen LogP contribution is 1.95. The zero-order valence-electron chi connectivity index (χ0n) is 8.78. The molecule has 0 aromatic carbocycles. The molecule has 82 valence electrons. The molecule has 0 saturated heterocycles. The Labute approximate surface area is 91.4 Å². The Morgan fingerprint density at radius 1 is 1.13 bits per heavy atom. The first-order valence-electron chi connectivity index (χ1n) is 4.60. The molecular weight excluding hydrogens is 192 g/mol. The molecule has 0 rings (SSSR count). The summed E-state index contributed by atoms with van der Waals surface area (Å²) in [6.45, 7) is 5.31. The Balaban J connectivity index is 3.69. The first kappa shape index (κ1) is 13.7. The third-order valence-electron chi connectivity index (χ3n) is 1.43. The average molecular weight is 208 g/mol. The van der Waals surface area contributed by atoms with Crippen molar-refractivity contribution < 1.29 is 14.2 Å². The van der Waals surface area contributed by atoms with E-state index in [1.165, 1.54) is 0 Å². The fourth-order valence-electron chi connectivity index (χ4n) is 0.842. The van der Waals surface area contributed by atoms with Crippen molar-refractivity contribution in [3.63, 3.8) is 0 Å². The van der Waals surface area contributed by atoms with E-state index in [9.17, 15) is 0 Å². The minimum absolute atomic E-state index is 0.186. The molecule has 0 aliphatic rings. The third-order valence-corrected chi connectivity index (χ3v) is 1.43. The van der Waals surface area contributed by atoms with Gasteiger partial charge in [0.25, 0.3) is 0 Å². The van der Waals surface area contributed by atoms with Gasteiger partial charge in [-0.05, 0) is 0 Å². The fraction of sp³-hybridized carbons (Fsp3) is 0.500. The van der Waals surface area contributed by atoms with Crippen molar-refractivity contribution in [2.75, 3.05) is 33.0 Å². The number of hydrogen-bond acceptors (Lipinski definition) is 3. The number of hydrogen-bond donors (Lipinski definition) is 0. The van der Waals surface area contributed by atoms with Crippen LogP contribution in [0.25, 0.3) is 0 Å². The molecule has 3 heteroatoms. The van der Waals surface area contributed by atoms with Gasteiger partial charge in [-0.1, -0.05) is 17.9 Å². The van der Waals surface area contributed by atoms with E-state index in [-0.39, 0.29) is 19.3 Å². The van der Waals surface area contributed by atoms with E-state index in [0.717, 1.165) is 0 Å². The van der Waals surface area contributed by atoms with Crippen LogP contribution in [0.1, 0.15) is 0 Å². The van der Waals surface area contributed by atoms with Crippen LogP contribution in [-0.4, -0.2) is 39.1 Å². The van der Waals surface area contributed by atoms with Gasteiger partial charge in [0.1, 0.15) is 19.3 Å². The van der Waals surface area contributed by atoms with Crippen molar-refractivity contribution in [3.05, 3.63) is 12.7 Å². The van der Waals surface area contributed by atoms with Crippen molar-refractivity contribution in [2.24, 2.45) is 0 Å². The van der Waals surface area contributed by atoms with E-state index in [4.69, 9.17) is 27.1 Å². The summed E-state index contributed by atoms with van der Waals surface area (Å²) in [6, 6.07) is 0. The van der Waals surface area contributed by atoms with Gasteiger partial charge >= 0.3 is 0 Å². The van der Waals surface area contributed by atoms with Crippen molar-refractivity contribution in [1.82, 2.24) is 0 Å². The summed E-state index contributed by atoms with van der Waals surface area (Å²) < 4.78 is 15.7.